The standard InChI is InChI=1S/C22H27NO6S/c1-15(2)20-9-6-18(14-16(20)3)29-17-4-7-19(8-5-17)30(26,27)22(21(24)23-25)10-12-28-13-11-22/h4-9,14-15,25H,10-13H2,1-3H3,(H,23,24). The molecule has 8 heteroatoms. The molecule has 3 rings (SSSR count). The van der Waals surface area contributed by atoms with Crippen LogP contribution in [0.3, 0.4) is 0 Å². The van der Waals surface area contributed by atoms with Crippen LogP contribution in [0.15, 0.2) is 47.4 Å². The quantitative estimate of drug-likeness (QED) is 0.532. The van der Waals surface area contributed by atoms with Crippen molar-refractivity contribution in [2.75, 3.05) is 13.2 Å². The number of amides is 1. The Labute approximate surface area is 176 Å². The van der Waals surface area contributed by atoms with Gasteiger partial charge in [-0.05, 0) is 73.2 Å². The number of hydroxylamine groups is 1. The van der Waals surface area contributed by atoms with E-state index in [0.29, 0.717) is 17.4 Å². The molecule has 0 saturated carbocycles. The van der Waals surface area contributed by atoms with Gasteiger partial charge in [0.05, 0.1) is 4.90 Å². The summed E-state index contributed by atoms with van der Waals surface area (Å²) in [6.45, 7) is 6.53. The fourth-order valence-corrected chi connectivity index (χ4v) is 5.77. The second-order valence-corrected chi connectivity index (χ2v) is 10.1. The predicted octanol–water partition coefficient (Wildman–Crippen LogP) is 3.74. The highest BCUT2D eigenvalue weighted by atomic mass is 32.2. The van der Waals surface area contributed by atoms with Crippen LogP contribution in [0.4, 0.5) is 0 Å². The number of carbonyl (C=O) groups is 1. The first-order valence-electron chi connectivity index (χ1n) is 9.86. The maximum absolute atomic E-state index is 13.3. The van der Waals surface area contributed by atoms with Crippen molar-refractivity contribution >= 4 is 15.7 Å². The van der Waals surface area contributed by atoms with Crippen LogP contribution in [0, 0.1) is 6.92 Å². The van der Waals surface area contributed by atoms with E-state index in [-0.39, 0.29) is 31.0 Å². The molecule has 0 radical (unpaired) electrons. The second kappa shape index (κ2) is 8.75. The van der Waals surface area contributed by atoms with Crippen LogP contribution in [0.1, 0.15) is 43.7 Å². The maximum atomic E-state index is 13.3. The molecule has 1 fully saturated rings. The summed E-state index contributed by atoms with van der Waals surface area (Å²) < 4.78 is 35.8. The lowest BCUT2D eigenvalue weighted by Gasteiger charge is -2.34. The number of hydrogen-bond donors (Lipinski definition) is 2. The van der Waals surface area contributed by atoms with Crippen LogP contribution >= 0.6 is 0 Å². The van der Waals surface area contributed by atoms with E-state index in [1.807, 2.05) is 25.1 Å². The molecule has 162 valence electrons. The Morgan fingerprint density at radius 3 is 2.23 bits per heavy atom. The zero-order valence-electron chi connectivity index (χ0n) is 17.3. The minimum atomic E-state index is -4.05. The molecule has 0 unspecified atom stereocenters. The first kappa shape index (κ1) is 22.3. The molecule has 1 heterocycles. The van der Waals surface area contributed by atoms with Gasteiger partial charge in [0.25, 0.3) is 5.91 Å². The fourth-order valence-electron chi connectivity index (χ4n) is 3.83. The first-order valence-corrected chi connectivity index (χ1v) is 11.3. The van der Waals surface area contributed by atoms with Crippen molar-refractivity contribution in [1.29, 1.82) is 0 Å². The van der Waals surface area contributed by atoms with E-state index < -0.39 is 20.5 Å². The Hall–Kier alpha value is -2.42. The highest BCUT2D eigenvalue weighted by Crippen LogP contribution is 2.36. The molecule has 2 aromatic carbocycles. The number of hydrogen-bond acceptors (Lipinski definition) is 6. The van der Waals surface area contributed by atoms with Crippen molar-refractivity contribution in [2.24, 2.45) is 0 Å². The van der Waals surface area contributed by atoms with Gasteiger partial charge in [-0.1, -0.05) is 19.9 Å². The number of benzene rings is 2. The summed E-state index contributed by atoms with van der Waals surface area (Å²) in [4.78, 5) is 12.3. The van der Waals surface area contributed by atoms with Crippen LogP contribution in [-0.2, 0) is 19.4 Å². The number of sulfone groups is 1. The van der Waals surface area contributed by atoms with Gasteiger partial charge >= 0.3 is 0 Å². The van der Waals surface area contributed by atoms with Crippen LogP contribution < -0.4 is 10.2 Å². The molecule has 7 nitrogen and oxygen atoms in total. The van der Waals surface area contributed by atoms with Gasteiger partial charge in [0.1, 0.15) is 11.5 Å². The van der Waals surface area contributed by atoms with E-state index in [2.05, 4.69) is 13.8 Å². The largest absolute Gasteiger partial charge is 0.457 e. The Balaban J connectivity index is 1.85. The van der Waals surface area contributed by atoms with Gasteiger partial charge in [0.2, 0.25) is 0 Å². The summed E-state index contributed by atoms with van der Waals surface area (Å²) in [5.41, 5.74) is 3.88. The molecule has 0 aromatic heterocycles. The molecular formula is C22H27NO6S. The topological polar surface area (TPSA) is 102 Å². The zero-order valence-corrected chi connectivity index (χ0v) is 18.2. The Morgan fingerprint density at radius 1 is 1.10 bits per heavy atom. The van der Waals surface area contributed by atoms with Gasteiger partial charge in [-0.15, -0.1) is 0 Å². The number of rotatable bonds is 6. The van der Waals surface area contributed by atoms with Crippen LogP contribution in [0.2, 0.25) is 0 Å². The summed E-state index contributed by atoms with van der Waals surface area (Å²) in [6, 6.07) is 11.8. The highest BCUT2D eigenvalue weighted by Gasteiger charge is 2.52. The lowest BCUT2D eigenvalue weighted by atomic mass is 9.98. The third-order valence-corrected chi connectivity index (χ3v) is 8.08. The van der Waals surface area contributed by atoms with Crippen LogP contribution in [0.5, 0.6) is 11.5 Å². The molecule has 0 spiro atoms. The van der Waals surface area contributed by atoms with E-state index in [9.17, 15) is 13.2 Å². The molecule has 1 saturated heterocycles. The summed E-state index contributed by atoms with van der Waals surface area (Å²) >= 11 is 0. The molecular weight excluding hydrogens is 406 g/mol. The van der Waals surface area contributed by atoms with Crippen molar-refractivity contribution in [3.63, 3.8) is 0 Å². The van der Waals surface area contributed by atoms with E-state index in [0.717, 1.165) is 5.56 Å². The number of nitrogens with one attached hydrogen (secondary N) is 1. The smallest absolute Gasteiger partial charge is 0.265 e. The molecule has 0 aliphatic carbocycles. The van der Waals surface area contributed by atoms with E-state index in [4.69, 9.17) is 14.7 Å². The van der Waals surface area contributed by atoms with Crippen molar-refractivity contribution in [3.05, 3.63) is 53.6 Å². The van der Waals surface area contributed by atoms with Crippen molar-refractivity contribution in [1.82, 2.24) is 5.48 Å². The average Bonchev–Trinajstić information content (AvgIpc) is 2.73. The molecule has 2 aromatic rings. The second-order valence-electron chi connectivity index (χ2n) is 7.80. The monoisotopic (exact) mass is 433 g/mol. The molecule has 30 heavy (non-hydrogen) atoms. The normalized spacial score (nSPS) is 16.3. The van der Waals surface area contributed by atoms with E-state index in [1.54, 1.807) is 12.1 Å². The van der Waals surface area contributed by atoms with Crippen molar-refractivity contribution in [2.45, 2.75) is 49.2 Å². The summed E-state index contributed by atoms with van der Waals surface area (Å²) in [7, 11) is -4.05. The molecule has 1 aliphatic rings. The van der Waals surface area contributed by atoms with Crippen LogP contribution in [0.25, 0.3) is 0 Å². The SMILES string of the molecule is Cc1cc(Oc2ccc(S(=O)(=O)C3(C(=O)NO)CCOCC3)cc2)ccc1C(C)C. The Kier molecular flexibility index (Phi) is 6.50. The third kappa shape index (κ3) is 4.08. The predicted molar refractivity (Wildman–Crippen MR) is 112 cm³/mol. The average molecular weight is 434 g/mol. The number of aryl methyl sites for hydroxylation is 1. The van der Waals surface area contributed by atoms with Gasteiger partial charge < -0.3 is 9.47 Å². The van der Waals surface area contributed by atoms with E-state index in [1.165, 1.54) is 23.2 Å². The first-order chi connectivity index (χ1) is 14.2. The number of ether oxygens (including phenoxy) is 2. The van der Waals surface area contributed by atoms with Crippen LogP contribution in [-0.4, -0.2) is 37.5 Å². The van der Waals surface area contributed by atoms with E-state index >= 15 is 0 Å². The molecule has 2 N–H and O–H groups in total. The summed E-state index contributed by atoms with van der Waals surface area (Å²) in [6.07, 6.45) is -0.0527. The third-order valence-electron chi connectivity index (χ3n) is 5.56. The minimum absolute atomic E-state index is 0.00770. The lowest BCUT2D eigenvalue weighted by molar-refractivity contribution is -0.134. The van der Waals surface area contributed by atoms with Gasteiger partial charge in [-0.3, -0.25) is 10.0 Å². The highest BCUT2D eigenvalue weighted by molar-refractivity contribution is 7.93. The Bertz CT molecular complexity index is 1010. The van der Waals surface area contributed by atoms with Crippen molar-refractivity contribution in [3.8, 4) is 11.5 Å². The van der Waals surface area contributed by atoms with Crippen molar-refractivity contribution < 1.29 is 27.9 Å². The maximum Gasteiger partial charge on any atom is 0.265 e. The number of carbonyl (C=O) groups excluding carboxylic acids is 1. The van der Waals surface area contributed by atoms with Gasteiger partial charge in [-0.25, -0.2) is 13.9 Å². The Morgan fingerprint density at radius 2 is 1.70 bits per heavy atom. The molecule has 0 atom stereocenters. The van der Waals surface area contributed by atoms with Gasteiger partial charge in [0.15, 0.2) is 14.6 Å². The van der Waals surface area contributed by atoms with Gasteiger partial charge in [0, 0.05) is 13.2 Å². The molecule has 1 aliphatic heterocycles. The molecule has 1 amide bonds. The zero-order chi connectivity index (χ0) is 21.9. The summed E-state index contributed by atoms with van der Waals surface area (Å²) in [5.74, 6) is 0.621. The fraction of sp³-hybridized carbons (Fsp3) is 0.409. The summed E-state index contributed by atoms with van der Waals surface area (Å²) in [5, 5.41) is 9.12. The lowest BCUT2D eigenvalue weighted by Crippen LogP contribution is -2.54. The molecule has 0 bridgehead atoms. The minimum Gasteiger partial charge on any atom is -0.457 e. The van der Waals surface area contributed by atoms with Gasteiger partial charge in [-0.2, -0.15) is 0 Å².